The van der Waals surface area contributed by atoms with E-state index >= 15 is 0 Å². The number of allylic oxidation sites excluding steroid dienone is 1. The monoisotopic (exact) mass is 276 g/mol. The Bertz CT molecular complexity index is 429. The molecule has 0 saturated heterocycles. The summed E-state index contributed by atoms with van der Waals surface area (Å²) in [4.78, 5) is 0. The van der Waals surface area contributed by atoms with Gasteiger partial charge >= 0.3 is 0 Å². The van der Waals surface area contributed by atoms with Crippen molar-refractivity contribution in [1.82, 2.24) is 0 Å². The predicted molar refractivity (Wildman–Crippen MR) is 79.1 cm³/mol. The van der Waals surface area contributed by atoms with Crippen LogP contribution >= 0.6 is 0 Å². The Morgan fingerprint density at radius 1 is 1.00 bits per heavy atom. The molecular formula is C18H28O2. The molecule has 0 heterocycles. The van der Waals surface area contributed by atoms with E-state index in [2.05, 4.69) is 13.0 Å². The van der Waals surface area contributed by atoms with Gasteiger partial charge in [0, 0.05) is 0 Å². The zero-order valence-corrected chi connectivity index (χ0v) is 12.6. The maximum Gasteiger partial charge on any atom is 0.0723 e. The smallest absolute Gasteiger partial charge is 0.0723 e. The third-order valence-corrected chi connectivity index (χ3v) is 7.38. The van der Waals surface area contributed by atoms with Crippen LogP contribution < -0.4 is 0 Å². The lowest BCUT2D eigenvalue weighted by Crippen LogP contribution is -2.47. The summed E-state index contributed by atoms with van der Waals surface area (Å²) in [7, 11) is 0. The van der Waals surface area contributed by atoms with Crippen LogP contribution in [-0.4, -0.2) is 22.4 Å². The molecule has 0 bridgehead atoms. The minimum atomic E-state index is -0.181. The molecular weight excluding hydrogens is 248 g/mol. The molecule has 0 radical (unpaired) electrons. The maximum absolute atomic E-state index is 10.4. The molecule has 4 rings (SSSR count). The molecule has 20 heavy (non-hydrogen) atoms. The Morgan fingerprint density at radius 2 is 1.85 bits per heavy atom. The molecule has 4 aliphatic rings. The van der Waals surface area contributed by atoms with Crippen molar-refractivity contribution in [3.63, 3.8) is 0 Å². The van der Waals surface area contributed by atoms with Crippen molar-refractivity contribution < 1.29 is 10.2 Å². The van der Waals surface area contributed by atoms with Crippen molar-refractivity contribution in [3.8, 4) is 0 Å². The molecule has 112 valence electrons. The van der Waals surface area contributed by atoms with E-state index in [1.165, 1.54) is 38.5 Å². The first kappa shape index (κ1) is 13.3. The highest BCUT2D eigenvalue weighted by molar-refractivity contribution is 5.20. The summed E-state index contributed by atoms with van der Waals surface area (Å²) in [5.74, 6) is 3.18. The number of rotatable bonds is 0. The molecule has 0 aliphatic heterocycles. The molecule has 0 aromatic carbocycles. The predicted octanol–water partition coefficient (Wildman–Crippen LogP) is 3.28. The van der Waals surface area contributed by atoms with E-state index in [9.17, 15) is 10.2 Å². The summed E-state index contributed by atoms with van der Waals surface area (Å²) in [6.07, 6.45) is 11.4. The van der Waals surface area contributed by atoms with E-state index in [1.807, 2.05) is 0 Å². The van der Waals surface area contributed by atoms with Crippen molar-refractivity contribution in [3.05, 3.63) is 11.6 Å². The van der Waals surface area contributed by atoms with Crippen LogP contribution in [0, 0.1) is 29.1 Å². The second kappa shape index (κ2) is 4.58. The molecule has 2 nitrogen and oxygen atoms in total. The quantitative estimate of drug-likeness (QED) is 0.667. The second-order valence-electron chi connectivity index (χ2n) is 8.10. The van der Waals surface area contributed by atoms with E-state index in [4.69, 9.17) is 0 Å². The Labute approximate surface area is 122 Å². The SMILES string of the molecule is C[C@]12CC[C@@H]3C4CC[C@@H](O)C=C4CC[C@H]3[C@@H]1CC[C@@H]2O. The van der Waals surface area contributed by atoms with Gasteiger partial charge in [-0.25, -0.2) is 0 Å². The standard InChI is InChI=1S/C18H28O2/c1-18-9-8-14-13-5-3-12(19)10-11(13)2-4-15(14)16(18)6-7-17(18)20/h10,12-17,19-20H,2-9H2,1H3/t12-,13?,14-,15-,16+,17+,18+/m1/s1. The van der Waals surface area contributed by atoms with Crippen molar-refractivity contribution in [2.24, 2.45) is 29.1 Å². The summed E-state index contributed by atoms with van der Waals surface area (Å²) >= 11 is 0. The van der Waals surface area contributed by atoms with Gasteiger partial charge in [0.1, 0.15) is 0 Å². The van der Waals surface area contributed by atoms with Gasteiger partial charge in [-0.1, -0.05) is 18.6 Å². The van der Waals surface area contributed by atoms with Gasteiger partial charge < -0.3 is 10.2 Å². The lowest BCUT2D eigenvalue weighted by molar-refractivity contribution is -0.0548. The second-order valence-corrected chi connectivity index (χ2v) is 8.10. The summed E-state index contributed by atoms with van der Waals surface area (Å²) in [6.45, 7) is 2.35. The largest absolute Gasteiger partial charge is 0.393 e. The molecule has 3 saturated carbocycles. The Balaban J connectivity index is 1.62. The molecule has 2 heteroatoms. The van der Waals surface area contributed by atoms with Crippen LogP contribution in [0.15, 0.2) is 11.6 Å². The fraction of sp³-hybridized carbons (Fsp3) is 0.889. The van der Waals surface area contributed by atoms with Crippen molar-refractivity contribution in [2.45, 2.75) is 70.5 Å². The van der Waals surface area contributed by atoms with Gasteiger partial charge in [0.2, 0.25) is 0 Å². The molecule has 0 amide bonds. The van der Waals surface area contributed by atoms with Gasteiger partial charge in [-0.2, -0.15) is 0 Å². The third-order valence-electron chi connectivity index (χ3n) is 7.38. The lowest BCUT2D eigenvalue weighted by Gasteiger charge is -2.53. The molecule has 0 aromatic heterocycles. The Morgan fingerprint density at radius 3 is 2.70 bits per heavy atom. The minimum absolute atomic E-state index is 0.0569. The van der Waals surface area contributed by atoms with Gasteiger partial charge in [-0.3, -0.25) is 0 Å². The van der Waals surface area contributed by atoms with Gasteiger partial charge in [0.15, 0.2) is 0 Å². The Hall–Kier alpha value is -0.340. The van der Waals surface area contributed by atoms with Crippen LogP contribution in [0.2, 0.25) is 0 Å². The topological polar surface area (TPSA) is 40.5 Å². The van der Waals surface area contributed by atoms with Crippen LogP contribution in [0.1, 0.15) is 58.3 Å². The zero-order chi connectivity index (χ0) is 13.9. The van der Waals surface area contributed by atoms with Gasteiger partial charge in [0.25, 0.3) is 0 Å². The van der Waals surface area contributed by atoms with Crippen LogP contribution in [0.4, 0.5) is 0 Å². The van der Waals surface area contributed by atoms with Crippen molar-refractivity contribution >= 4 is 0 Å². The van der Waals surface area contributed by atoms with E-state index in [-0.39, 0.29) is 17.6 Å². The zero-order valence-electron chi connectivity index (χ0n) is 12.6. The molecule has 3 fully saturated rings. The van der Waals surface area contributed by atoms with Gasteiger partial charge in [0.05, 0.1) is 12.2 Å². The van der Waals surface area contributed by atoms with Crippen LogP contribution in [0.3, 0.4) is 0 Å². The summed E-state index contributed by atoms with van der Waals surface area (Å²) < 4.78 is 0. The number of aliphatic hydroxyl groups excluding tert-OH is 2. The molecule has 1 unspecified atom stereocenters. The average molecular weight is 276 g/mol. The molecule has 2 N–H and O–H groups in total. The van der Waals surface area contributed by atoms with Crippen LogP contribution in [0.25, 0.3) is 0 Å². The molecule has 4 aliphatic carbocycles. The van der Waals surface area contributed by atoms with Gasteiger partial charge in [-0.15, -0.1) is 0 Å². The number of fused-ring (bicyclic) bond motifs is 5. The molecule has 0 spiro atoms. The minimum Gasteiger partial charge on any atom is -0.393 e. The molecule has 7 atom stereocenters. The fourth-order valence-corrected chi connectivity index (χ4v) is 6.28. The first-order valence-corrected chi connectivity index (χ1v) is 8.66. The van der Waals surface area contributed by atoms with Crippen LogP contribution in [-0.2, 0) is 0 Å². The van der Waals surface area contributed by atoms with E-state index < -0.39 is 0 Å². The van der Waals surface area contributed by atoms with E-state index in [1.54, 1.807) is 5.57 Å². The van der Waals surface area contributed by atoms with E-state index in [0.29, 0.717) is 0 Å². The highest BCUT2D eigenvalue weighted by Crippen LogP contribution is 2.61. The lowest BCUT2D eigenvalue weighted by atomic mass is 9.52. The highest BCUT2D eigenvalue weighted by Gasteiger charge is 2.55. The van der Waals surface area contributed by atoms with Crippen molar-refractivity contribution in [1.29, 1.82) is 0 Å². The number of aliphatic hydroxyl groups is 2. The average Bonchev–Trinajstić information content (AvgIpc) is 2.74. The Kier molecular flexibility index (Phi) is 3.05. The normalized spacial score (nSPS) is 54.6. The highest BCUT2D eigenvalue weighted by atomic mass is 16.3. The fourth-order valence-electron chi connectivity index (χ4n) is 6.28. The van der Waals surface area contributed by atoms with E-state index in [0.717, 1.165) is 36.5 Å². The summed E-state index contributed by atoms with van der Waals surface area (Å²) in [5.41, 5.74) is 1.77. The first-order valence-electron chi connectivity index (χ1n) is 8.66. The van der Waals surface area contributed by atoms with Crippen LogP contribution in [0.5, 0.6) is 0 Å². The van der Waals surface area contributed by atoms with Crippen molar-refractivity contribution in [2.75, 3.05) is 0 Å². The number of hydrogen-bond acceptors (Lipinski definition) is 2. The summed E-state index contributed by atoms with van der Waals surface area (Å²) in [6, 6.07) is 0. The third kappa shape index (κ3) is 1.77. The maximum atomic E-state index is 10.4. The number of hydrogen-bond donors (Lipinski definition) is 2. The first-order chi connectivity index (χ1) is 9.59. The van der Waals surface area contributed by atoms with Gasteiger partial charge in [-0.05, 0) is 80.5 Å². The summed E-state index contributed by atoms with van der Waals surface area (Å²) in [5, 5.41) is 20.3. The molecule has 0 aromatic rings.